The van der Waals surface area contributed by atoms with E-state index >= 15 is 0 Å². The fourth-order valence-electron chi connectivity index (χ4n) is 2.49. The molecule has 0 aromatic heterocycles. The summed E-state index contributed by atoms with van der Waals surface area (Å²) < 4.78 is 10.1. The second-order valence-corrected chi connectivity index (χ2v) is 5.49. The van der Waals surface area contributed by atoms with Crippen molar-refractivity contribution in [1.29, 1.82) is 0 Å². The van der Waals surface area contributed by atoms with Crippen molar-refractivity contribution in [2.24, 2.45) is 11.3 Å². The maximum atomic E-state index is 9.69. The van der Waals surface area contributed by atoms with Crippen LogP contribution in [0.4, 0.5) is 0 Å². The molecule has 0 aromatic carbocycles. The molecule has 1 atom stereocenters. The normalized spacial score (nSPS) is 23.6. The van der Waals surface area contributed by atoms with Gasteiger partial charge in [-0.25, -0.2) is 0 Å². The average molecular weight is 243 g/mol. The van der Waals surface area contributed by atoms with Crippen LogP contribution in [0.25, 0.3) is 0 Å². The molecule has 4 heteroatoms. The first-order valence-electron chi connectivity index (χ1n) is 6.72. The molecule has 1 unspecified atom stereocenters. The summed E-state index contributed by atoms with van der Waals surface area (Å²) >= 11 is 0. The van der Waals surface area contributed by atoms with Crippen molar-refractivity contribution in [3.8, 4) is 0 Å². The van der Waals surface area contributed by atoms with Gasteiger partial charge in [0.05, 0.1) is 25.9 Å². The van der Waals surface area contributed by atoms with E-state index in [1.807, 2.05) is 0 Å². The maximum Gasteiger partial charge on any atom is 0.0897 e. The monoisotopic (exact) mass is 243 g/mol. The molecule has 0 spiro atoms. The van der Waals surface area contributed by atoms with Gasteiger partial charge in [-0.15, -0.1) is 0 Å². The molecule has 17 heavy (non-hydrogen) atoms. The Morgan fingerprint density at radius 3 is 2.71 bits per heavy atom. The van der Waals surface area contributed by atoms with Crippen LogP contribution in [0.15, 0.2) is 0 Å². The van der Waals surface area contributed by atoms with E-state index in [1.165, 1.54) is 25.7 Å². The third-order valence-corrected chi connectivity index (χ3v) is 3.93. The van der Waals surface area contributed by atoms with E-state index < -0.39 is 6.10 Å². The quantitative estimate of drug-likeness (QED) is 0.557. The summed E-state index contributed by atoms with van der Waals surface area (Å²) in [5.74, 6) is 0.977. The van der Waals surface area contributed by atoms with Crippen LogP contribution in [0.1, 0.15) is 25.7 Å². The number of rotatable bonds is 10. The summed E-state index contributed by atoms with van der Waals surface area (Å²) in [6, 6.07) is 0. The minimum absolute atomic E-state index is 0.396. The van der Waals surface area contributed by atoms with Gasteiger partial charge in [-0.2, -0.15) is 0 Å². The summed E-state index contributed by atoms with van der Waals surface area (Å²) in [5, 5.41) is 13.1. The molecule has 100 valence electrons. The third-order valence-electron chi connectivity index (χ3n) is 3.93. The first kappa shape index (κ1) is 13.3. The fourth-order valence-corrected chi connectivity index (χ4v) is 2.49. The zero-order valence-corrected chi connectivity index (χ0v) is 10.8. The molecule has 2 saturated carbocycles. The predicted molar refractivity (Wildman–Crippen MR) is 66.0 cm³/mol. The summed E-state index contributed by atoms with van der Waals surface area (Å²) in [6.07, 6.45) is 5.20. The smallest absolute Gasteiger partial charge is 0.0897 e. The average Bonchev–Trinajstić information content (AvgIpc) is 3.15. The molecular formula is C13H25NO3. The number of aliphatic hydroxyl groups excluding tert-OH is 1. The van der Waals surface area contributed by atoms with Gasteiger partial charge >= 0.3 is 0 Å². The molecule has 2 N–H and O–H groups in total. The highest BCUT2D eigenvalue weighted by Gasteiger charge is 2.53. The second-order valence-electron chi connectivity index (χ2n) is 5.49. The second kappa shape index (κ2) is 6.14. The SMILES string of the molecule is COCCOCC(O)CNCC1(C2CC2)CC1. The zero-order chi connectivity index (χ0) is 12.1. The van der Waals surface area contributed by atoms with Gasteiger partial charge in [-0.3, -0.25) is 0 Å². The van der Waals surface area contributed by atoms with Gasteiger partial charge in [0.25, 0.3) is 0 Å². The van der Waals surface area contributed by atoms with E-state index in [0.29, 0.717) is 31.8 Å². The van der Waals surface area contributed by atoms with E-state index in [2.05, 4.69) is 5.32 Å². The Kier molecular flexibility index (Phi) is 4.79. The Hall–Kier alpha value is -0.160. The van der Waals surface area contributed by atoms with Crippen LogP contribution in [0.3, 0.4) is 0 Å². The van der Waals surface area contributed by atoms with Gasteiger partial charge in [-0.1, -0.05) is 0 Å². The highest BCUT2D eigenvalue weighted by atomic mass is 16.5. The third kappa shape index (κ3) is 4.21. The molecule has 4 nitrogen and oxygen atoms in total. The van der Waals surface area contributed by atoms with Crippen molar-refractivity contribution in [2.45, 2.75) is 31.8 Å². The maximum absolute atomic E-state index is 9.69. The van der Waals surface area contributed by atoms with Crippen LogP contribution < -0.4 is 5.32 Å². The summed E-state index contributed by atoms with van der Waals surface area (Å²) in [5.41, 5.74) is 0.608. The van der Waals surface area contributed by atoms with Crippen molar-refractivity contribution in [2.75, 3.05) is 40.0 Å². The number of methoxy groups -OCH3 is 1. The lowest BCUT2D eigenvalue weighted by atomic mass is 10.0. The van der Waals surface area contributed by atoms with E-state index in [-0.39, 0.29) is 0 Å². The lowest BCUT2D eigenvalue weighted by Crippen LogP contribution is -2.34. The van der Waals surface area contributed by atoms with Crippen LogP contribution >= 0.6 is 0 Å². The molecule has 0 amide bonds. The van der Waals surface area contributed by atoms with Crippen molar-refractivity contribution < 1.29 is 14.6 Å². The zero-order valence-electron chi connectivity index (χ0n) is 10.8. The Balaban J connectivity index is 1.47. The predicted octanol–water partition coefficient (Wildman–Crippen LogP) is 0.790. The Morgan fingerprint density at radius 1 is 1.35 bits per heavy atom. The Labute approximate surface area is 104 Å². The van der Waals surface area contributed by atoms with Crippen LogP contribution in [-0.4, -0.2) is 51.2 Å². The number of ether oxygens (including phenoxy) is 2. The molecule has 0 saturated heterocycles. The van der Waals surface area contributed by atoms with E-state index in [1.54, 1.807) is 7.11 Å². The molecular weight excluding hydrogens is 218 g/mol. The van der Waals surface area contributed by atoms with Crippen LogP contribution in [0.5, 0.6) is 0 Å². The Morgan fingerprint density at radius 2 is 2.12 bits per heavy atom. The van der Waals surface area contributed by atoms with Crippen molar-refractivity contribution in [3.05, 3.63) is 0 Å². The number of aliphatic hydroxyl groups is 1. The van der Waals surface area contributed by atoms with E-state index in [4.69, 9.17) is 9.47 Å². The first-order chi connectivity index (χ1) is 8.27. The largest absolute Gasteiger partial charge is 0.389 e. The topological polar surface area (TPSA) is 50.7 Å². The number of nitrogens with one attached hydrogen (secondary N) is 1. The molecule has 0 radical (unpaired) electrons. The fraction of sp³-hybridized carbons (Fsp3) is 1.00. The lowest BCUT2D eigenvalue weighted by Gasteiger charge is -2.17. The molecule has 2 aliphatic rings. The molecule has 0 aromatic rings. The summed E-state index contributed by atoms with van der Waals surface area (Å²) in [4.78, 5) is 0. The van der Waals surface area contributed by atoms with Gasteiger partial charge in [0.2, 0.25) is 0 Å². The van der Waals surface area contributed by atoms with Gasteiger partial charge in [0.1, 0.15) is 0 Å². The van der Waals surface area contributed by atoms with Crippen molar-refractivity contribution in [3.63, 3.8) is 0 Å². The number of hydrogen-bond donors (Lipinski definition) is 2. The molecule has 0 bridgehead atoms. The van der Waals surface area contributed by atoms with Crippen LogP contribution in [0, 0.1) is 11.3 Å². The van der Waals surface area contributed by atoms with Crippen molar-refractivity contribution >= 4 is 0 Å². The lowest BCUT2D eigenvalue weighted by molar-refractivity contribution is 0.0134. The van der Waals surface area contributed by atoms with Gasteiger partial charge in [-0.05, 0) is 37.0 Å². The summed E-state index contributed by atoms with van der Waals surface area (Å²) in [6.45, 7) is 3.26. The van der Waals surface area contributed by atoms with Gasteiger partial charge < -0.3 is 19.9 Å². The summed E-state index contributed by atoms with van der Waals surface area (Å²) in [7, 11) is 1.65. The van der Waals surface area contributed by atoms with Crippen molar-refractivity contribution in [1.82, 2.24) is 5.32 Å². The standard InChI is InChI=1S/C13H25NO3/c1-16-6-7-17-9-12(15)8-14-10-13(4-5-13)11-2-3-11/h11-12,14-15H,2-10H2,1H3. The van der Waals surface area contributed by atoms with E-state index in [9.17, 15) is 5.11 Å². The van der Waals surface area contributed by atoms with Gasteiger partial charge in [0.15, 0.2) is 0 Å². The molecule has 2 fully saturated rings. The molecule has 2 rings (SSSR count). The molecule has 2 aliphatic carbocycles. The minimum Gasteiger partial charge on any atom is -0.389 e. The van der Waals surface area contributed by atoms with E-state index in [0.717, 1.165) is 12.5 Å². The van der Waals surface area contributed by atoms with Crippen LogP contribution in [-0.2, 0) is 9.47 Å². The molecule has 0 aliphatic heterocycles. The highest BCUT2D eigenvalue weighted by molar-refractivity contribution is 5.05. The minimum atomic E-state index is -0.401. The molecule has 0 heterocycles. The number of hydrogen-bond acceptors (Lipinski definition) is 4. The van der Waals surface area contributed by atoms with Crippen LogP contribution in [0.2, 0.25) is 0 Å². The van der Waals surface area contributed by atoms with Gasteiger partial charge in [0, 0.05) is 20.2 Å². The Bertz CT molecular complexity index is 227. The first-order valence-corrected chi connectivity index (χ1v) is 6.72. The highest BCUT2D eigenvalue weighted by Crippen LogP contribution is 2.60.